The van der Waals surface area contributed by atoms with Gasteiger partial charge in [0.05, 0.1) is 0 Å². The van der Waals surface area contributed by atoms with E-state index in [-0.39, 0.29) is 26.8 Å². The first-order valence-electron chi connectivity index (χ1n) is 8.48. The summed E-state index contributed by atoms with van der Waals surface area (Å²) in [6.07, 6.45) is 0.941. The van der Waals surface area contributed by atoms with Gasteiger partial charge in [0.15, 0.2) is 6.20 Å². The Labute approximate surface area is 166 Å². The maximum Gasteiger partial charge on any atom is 0.354 e. The number of halogens is 4. The normalized spacial score (nSPS) is 11.1. The first-order chi connectivity index (χ1) is 14.3. The van der Waals surface area contributed by atoms with E-state index in [9.17, 15) is 32.7 Å². The molecular formula is C21H10F4N2O3. The Morgan fingerprint density at radius 2 is 1.63 bits per heavy atom. The lowest BCUT2D eigenvalue weighted by atomic mass is 9.97. The van der Waals surface area contributed by atoms with Crippen LogP contribution in [0.5, 0.6) is 0 Å². The van der Waals surface area contributed by atoms with Gasteiger partial charge in [-0.1, -0.05) is 6.07 Å². The lowest BCUT2D eigenvalue weighted by molar-refractivity contribution is -0.592. The highest BCUT2D eigenvalue weighted by Crippen LogP contribution is 2.35. The van der Waals surface area contributed by atoms with Crippen LogP contribution in [0.25, 0.3) is 33.3 Å². The van der Waals surface area contributed by atoms with Crippen molar-refractivity contribution in [2.75, 3.05) is 0 Å². The van der Waals surface area contributed by atoms with Gasteiger partial charge in [-0.25, -0.2) is 27.3 Å². The summed E-state index contributed by atoms with van der Waals surface area (Å²) >= 11 is 0. The molecule has 30 heavy (non-hydrogen) atoms. The van der Waals surface area contributed by atoms with Crippen molar-refractivity contribution >= 4 is 16.9 Å². The van der Waals surface area contributed by atoms with Crippen molar-refractivity contribution in [2.24, 2.45) is 0 Å². The Balaban J connectivity index is 2.17. The van der Waals surface area contributed by atoms with E-state index in [0.29, 0.717) is 6.07 Å². The van der Waals surface area contributed by atoms with E-state index in [0.717, 1.165) is 42.6 Å². The highest BCUT2D eigenvalue weighted by atomic mass is 19.1. The quantitative estimate of drug-likeness (QED) is 0.305. The highest BCUT2D eigenvalue weighted by molar-refractivity contribution is 6.03. The van der Waals surface area contributed by atoms with E-state index in [4.69, 9.17) is 0 Å². The number of carboxylic acids is 1. The summed E-state index contributed by atoms with van der Waals surface area (Å²) in [6, 6.07) is 7.88. The van der Waals surface area contributed by atoms with Crippen LogP contribution in [0.1, 0.15) is 10.5 Å². The summed E-state index contributed by atoms with van der Waals surface area (Å²) < 4.78 is 56.7. The molecule has 0 aliphatic heterocycles. The summed E-state index contributed by atoms with van der Waals surface area (Å²) in [5, 5.41) is 21.9. The van der Waals surface area contributed by atoms with Crippen LogP contribution >= 0.6 is 0 Å². The number of fused-ring (bicyclic) bond motifs is 1. The number of carboxylic acid groups (broad SMARTS) is 1. The van der Waals surface area contributed by atoms with Gasteiger partial charge < -0.3 is 10.3 Å². The minimum Gasteiger partial charge on any atom is -0.618 e. The lowest BCUT2D eigenvalue weighted by Crippen LogP contribution is -2.30. The van der Waals surface area contributed by atoms with Gasteiger partial charge >= 0.3 is 5.97 Å². The number of pyridine rings is 2. The van der Waals surface area contributed by atoms with Crippen molar-refractivity contribution in [1.29, 1.82) is 0 Å². The van der Waals surface area contributed by atoms with Crippen LogP contribution in [0.15, 0.2) is 54.7 Å². The van der Waals surface area contributed by atoms with Crippen LogP contribution in [-0.2, 0) is 0 Å². The second-order valence-corrected chi connectivity index (χ2v) is 6.33. The molecule has 2 aromatic carbocycles. The molecule has 0 radical (unpaired) electrons. The van der Waals surface area contributed by atoms with Gasteiger partial charge in [-0.2, -0.15) is 4.73 Å². The molecule has 0 saturated heterocycles. The third-order valence-electron chi connectivity index (χ3n) is 4.52. The van der Waals surface area contributed by atoms with Gasteiger partial charge in [0.25, 0.3) is 5.69 Å². The number of rotatable bonds is 3. The first kappa shape index (κ1) is 19.3. The van der Waals surface area contributed by atoms with Crippen molar-refractivity contribution in [3.8, 4) is 22.4 Å². The predicted molar refractivity (Wildman–Crippen MR) is 98.4 cm³/mol. The number of hydrogen-bond acceptors (Lipinski definition) is 3. The standard InChI is InChI=1S/C21H10F4N2O3/c22-10-4-5-11(16(25)8-10)13-9-17(21(28)29)26-19-12(13)6-7-27(30)20(19)18-14(23)2-1-3-15(18)24/h1-9H,(H,28,29). The van der Waals surface area contributed by atoms with Crippen LogP contribution in [-0.4, -0.2) is 16.1 Å². The van der Waals surface area contributed by atoms with E-state index < -0.39 is 46.2 Å². The Kier molecular flexibility index (Phi) is 4.57. The molecule has 0 spiro atoms. The van der Waals surface area contributed by atoms with Crippen molar-refractivity contribution in [1.82, 2.24) is 4.98 Å². The Hall–Kier alpha value is -4.01. The van der Waals surface area contributed by atoms with Crippen LogP contribution in [0.3, 0.4) is 0 Å². The third kappa shape index (κ3) is 3.10. The number of hydrogen-bond donors (Lipinski definition) is 1. The number of aromatic nitrogens is 2. The summed E-state index contributed by atoms with van der Waals surface area (Å²) in [5.41, 5.74) is -2.43. The van der Waals surface area contributed by atoms with Gasteiger partial charge in [-0.3, -0.25) is 0 Å². The van der Waals surface area contributed by atoms with E-state index >= 15 is 0 Å². The minimum atomic E-state index is -1.51. The molecule has 5 nitrogen and oxygen atoms in total. The molecule has 4 rings (SSSR count). The molecular weight excluding hydrogens is 404 g/mol. The Morgan fingerprint density at radius 3 is 2.27 bits per heavy atom. The van der Waals surface area contributed by atoms with E-state index in [1.807, 2.05) is 0 Å². The molecule has 0 unspecified atom stereocenters. The maximum atomic E-state index is 14.4. The van der Waals surface area contributed by atoms with Crippen LogP contribution in [0, 0.1) is 28.5 Å². The molecule has 0 bridgehead atoms. The molecule has 0 aliphatic carbocycles. The number of aromatic carboxylic acids is 1. The number of nitrogens with zero attached hydrogens (tertiary/aromatic N) is 2. The molecule has 2 heterocycles. The summed E-state index contributed by atoms with van der Waals surface area (Å²) in [7, 11) is 0. The van der Waals surface area contributed by atoms with E-state index in [2.05, 4.69) is 4.98 Å². The van der Waals surface area contributed by atoms with Gasteiger partial charge in [0, 0.05) is 23.1 Å². The van der Waals surface area contributed by atoms with Gasteiger partial charge in [0.2, 0.25) is 0 Å². The van der Waals surface area contributed by atoms with Crippen molar-refractivity contribution in [2.45, 2.75) is 0 Å². The molecule has 0 amide bonds. The molecule has 0 saturated carbocycles. The maximum absolute atomic E-state index is 14.4. The molecule has 1 N–H and O–H groups in total. The fourth-order valence-corrected chi connectivity index (χ4v) is 3.22. The van der Waals surface area contributed by atoms with Gasteiger partial charge in [-0.05, 0) is 35.9 Å². The second kappa shape index (κ2) is 7.11. The molecule has 0 fully saturated rings. The molecule has 0 aliphatic rings. The second-order valence-electron chi connectivity index (χ2n) is 6.33. The molecule has 4 aromatic rings. The number of benzene rings is 2. The average molecular weight is 414 g/mol. The summed E-state index contributed by atoms with van der Waals surface area (Å²) in [6.45, 7) is 0. The van der Waals surface area contributed by atoms with Crippen LogP contribution in [0.2, 0.25) is 0 Å². The zero-order valence-corrected chi connectivity index (χ0v) is 14.9. The minimum absolute atomic E-state index is 0.0338. The molecule has 9 heteroatoms. The lowest BCUT2D eigenvalue weighted by Gasteiger charge is -2.13. The summed E-state index contributed by atoms with van der Waals surface area (Å²) in [5.74, 6) is -5.48. The monoisotopic (exact) mass is 414 g/mol. The average Bonchev–Trinajstić information content (AvgIpc) is 2.68. The Bertz CT molecular complexity index is 1320. The summed E-state index contributed by atoms with van der Waals surface area (Å²) in [4.78, 5) is 15.5. The Morgan fingerprint density at radius 1 is 0.933 bits per heavy atom. The molecule has 150 valence electrons. The topological polar surface area (TPSA) is 77.1 Å². The van der Waals surface area contributed by atoms with Gasteiger partial charge in [0.1, 0.15) is 40.0 Å². The fourth-order valence-electron chi connectivity index (χ4n) is 3.22. The zero-order chi connectivity index (χ0) is 21.6. The highest BCUT2D eigenvalue weighted by Gasteiger charge is 2.26. The van der Waals surface area contributed by atoms with E-state index in [1.165, 1.54) is 6.07 Å². The third-order valence-corrected chi connectivity index (χ3v) is 4.52. The zero-order valence-electron chi connectivity index (χ0n) is 14.9. The first-order valence-corrected chi connectivity index (χ1v) is 8.48. The predicted octanol–water partition coefficient (Wildman–Crippen LogP) is 4.46. The largest absolute Gasteiger partial charge is 0.618 e. The van der Waals surface area contributed by atoms with E-state index in [1.54, 1.807) is 0 Å². The van der Waals surface area contributed by atoms with Gasteiger partial charge in [-0.15, -0.1) is 0 Å². The van der Waals surface area contributed by atoms with Crippen LogP contribution in [0.4, 0.5) is 17.6 Å². The SMILES string of the molecule is O=C(O)c1cc(-c2ccc(F)cc2F)c2cc[n+]([O-])c(-c3c(F)cccc3F)c2n1. The van der Waals surface area contributed by atoms with Crippen molar-refractivity contribution in [3.05, 3.63) is 88.9 Å². The smallest absolute Gasteiger partial charge is 0.354 e. The fraction of sp³-hybridized carbons (Fsp3) is 0. The molecule has 0 atom stereocenters. The van der Waals surface area contributed by atoms with Crippen molar-refractivity contribution < 1.29 is 32.2 Å². The molecule has 2 aromatic heterocycles. The van der Waals surface area contributed by atoms with Crippen molar-refractivity contribution in [3.63, 3.8) is 0 Å². The van der Waals surface area contributed by atoms with Crippen LogP contribution < -0.4 is 4.73 Å². The number of carbonyl (C=O) groups is 1.